The van der Waals surface area contributed by atoms with Crippen molar-refractivity contribution >= 4 is 0 Å². The number of hydrogen-bond donors (Lipinski definition) is 0. The summed E-state index contributed by atoms with van der Waals surface area (Å²) in [5, 5.41) is 0. The van der Waals surface area contributed by atoms with E-state index < -0.39 is 0 Å². The highest BCUT2D eigenvalue weighted by Crippen LogP contribution is 2.26. The van der Waals surface area contributed by atoms with Crippen LogP contribution in [0, 0.1) is 0 Å². The largest absolute Gasteiger partial charge is 0.486 e. The van der Waals surface area contributed by atoms with Crippen molar-refractivity contribution < 1.29 is 4.74 Å². The van der Waals surface area contributed by atoms with Gasteiger partial charge in [0.25, 0.3) is 0 Å². The molecule has 0 N–H and O–H groups in total. The average molecular weight is 240 g/mol. The molecule has 2 aromatic rings. The Morgan fingerprint density at radius 1 is 0.889 bits per heavy atom. The van der Waals surface area contributed by atoms with Gasteiger partial charge in [0, 0.05) is 0 Å². The molecule has 0 aliphatic heterocycles. The van der Waals surface area contributed by atoms with E-state index in [1.165, 1.54) is 18.4 Å². The molecule has 18 heavy (non-hydrogen) atoms. The molecule has 0 aliphatic rings. The van der Waals surface area contributed by atoms with Gasteiger partial charge in [0.1, 0.15) is 11.9 Å². The van der Waals surface area contributed by atoms with Crippen molar-refractivity contribution in [3.8, 4) is 5.75 Å². The fraction of sp³-hybridized carbons (Fsp3) is 0.294. The summed E-state index contributed by atoms with van der Waals surface area (Å²) in [6.45, 7) is 2.21. The first-order chi connectivity index (χ1) is 8.90. The Labute approximate surface area is 109 Å². The molecule has 1 unspecified atom stereocenters. The van der Waals surface area contributed by atoms with E-state index in [1.807, 2.05) is 36.4 Å². The lowest BCUT2D eigenvalue weighted by atomic mass is 10.0. The number of benzene rings is 2. The third-order valence-electron chi connectivity index (χ3n) is 3.01. The van der Waals surface area contributed by atoms with Crippen molar-refractivity contribution in [1.29, 1.82) is 0 Å². The average Bonchev–Trinajstić information content (AvgIpc) is 2.45. The van der Waals surface area contributed by atoms with E-state index in [0.29, 0.717) is 0 Å². The first kappa shape index (κ1) is 12.7. The summed E-state index contributed by atoms with van der Waals surface area (Å²) in [4.78, 5) is 0. The molecule has 0 spiro atoms. The summed E-state index contributed by atoms with van der Waals surface area (Å²) in [5.74, 6) is 0.947. The summed E-state index contributed by atoms with van der Waals surface area (Å²) in [6, 6.07) is 20.5. The predicted molar refractivity (Wildman–Crippen MR) is 75.8 cm³/mol. The van der Waals surface area contributed by atoms with Crippen LogP contribution >= 0.6 is 0 Å². The van der Waals surface area contributed by atoms with Crippen molar-refractivity contribution in [3.05, 3.63) is 66.2 Å². The van der Waals surface area contributed by atoms with E-state index in [-0.39, 0.29) is 6.10 Å². The van der Waals surface area contributed by atoms with E-state index in [2.05, 4.69) is 31.2 Å². The lowest BCUT2D eigenvalue weighted by molar-refractivity contribution is 0.191. The highest BCUT2D eigenvalue weighted by atomic mass is 16.5. The second-order valence-electron chi connectivity index (χ2n) is 4.47. The molecule has 0 saturated heterocycles. The van der Waals surface area contributed by atoms with Gasteiger partial charge in [0.2, 0.25) is 0 Å². The van der Waals surface area contributed by atoms with E-state index in [4.69, 9.17) is 4.74 Å². The number of rotatable bonds is 6. The van der Waals surface area contributed by atoms with Gasteiger partial charge in [-0.1, -0.05) is 61.9 Å². The third-order valence-corrected chi connectivity index (χ3v) is 3.01. The van der Waals surface area contributed by atoms with Crippen LogP contribution in [0.3, 0.4) is 0 Å². The minimum absolute atomic E-state index is 0.161. The Morgan fingerprint density at radius 3 is 2.11 bits per heavy atom. The van der Waals surface area contributed by atoms with E-state index >= 15 is 0 Å². The molecule has 94 valence electrons. The van der Waals surface area contributed by atoms with Crippen LogP contribution < -0.4 is 4.74 Å². The monoisotopic (exact) mass is 240 g/mol. The molecule has 0 radical (unpaired) electrons. The fourth-order valence-electron chi connectivity index (χ4n) is 2.01. The second kappa shape index (κ2) is 6.85. The first-order valence-electron chi connectivity index (χ1n) is 6.67. The molecule has 1 heteroatoms. The number of unbranched alkanes of at least 4 members (excludes halogenated alkanes) is 1. The van der Waals surface area contributed by atoms with Crippen LogP contribution in [0.4, 0.5) is 0 Å². The topological polar surface area (TPSA) is 9.23 Å². The zero-order chi connectivity index (χ0) is 12.6. The fourth-order valence-corrected chi connectivity index (χ4v) is 2.01. The zero-order valence-electron chi connectivity index (χ0n) is 10.9. The molecule has 0 amide bonds. The number of hydrogen-bond acceptors (Lipinski definition) is 1. The quantitative estimate of drug-likeness (QED) is 0.690. The molecule has 2 rings (SSSR count). The minimum Gasteiger partial charge on any atom is -0.486 e. The molecular formula is C17H20O. The van der Waals surface area contributed by atoms with Crippen LogP contribution in [0.5, 0.6) is 5.75 Å². The van der Waals surface area contributed by atoms with Gasteiger partial charge in [0.05, 0.1) is 0 Å². The smallest absolute Gasteiger partial charge is 0.124 e. The summed E-state index contributed by atoms with van der Waals surface area (Å²) in [6.07, 6.45) is 3.61. The third kappa shape index (κ3) is 3.63. The zero-order valence-corrected chi connectivity index (χ0v) is 10.9. The Bertz CT molecular complexity index is 436. The highest BCUT2D eigenvalue weighted by Gasteiger charge is 2.12. The molecular weight excluding hydrogens is 220 g/mol. The van der Waals surface area contributed by atoms with E-state index in [0.717, 1.165) is 12.2 Å². The molecule has 0 aromatic heterocycles. The molecule has 0 saturated carbocycles. The summed E-state index contributed by atoms with van der Waals surface area (Å²) < 4.78 is 6.10. The van der Waals surface area contributed by atoms with Crippen molar-refractivity contribution in [2.45, 2.75) is 32.3 Å². The maximum atomic E-state index is 6.10. The van der Waals surface area contributed by atoms with E-state index in [9.17, 15) is 0 Å². The predicted octanol–water partition coefficient (Wildman–Crippen LogP) is 5.00. The van der Waals surface area contributed by atoms with Crippen LogP contribution in [-0.2, 0) is 0 Å². The van der Waals surface area contributed by atoms with Gasteiger partial charge in [-0.25, -0.2) is 0 Å². The van der Waals surface area contributed by atoms with Crippen molar-refractivity contribution in [3.63, 3.8) is 0 Å². The van der Waals surface area contributed by atoms with Gasteiger partial charge in [-0.2, -0.15) is 0 Å². The molecule has 0 fully saturated rings. The Balaban J connectivity index is 2.10. The molecule has 0 heterocycles. The van der Waals surface area contributed by atoms with Crippen molar-refractivity contribution in [1.82, 2.24) is 0 Å². The van der Waals surface area contributed by atoms with Crippen LogP contribution in [0.1, 0.15) is 37.9 Å². The van der Waals surface area contributed by atoms with Crippen molar-refractivity contribution in [2.75, 3.05) is 0 Å². The van der Waals surface area contributed by atoms with Gasteiger partial charge in [-0.05, 0) is 30.5 Å². The standard InChI is InChI=1S/C17H20O/c1-2-3-14-17(15-10-6-4-7-11-15)18-16-12-8-5-9-13-16/h4-13,17H,2-3,14H2,1H3. The van der Waals surface area contributed by atoms with Gasteiger partial charge < -0.3 is 4.74 Å². The number of ether oxygens (including phenoxy) is 1. The summed E-state index contributed by atoms with van der Waals surface area (Å²) >= 11 is 0. The van der Waals surface area contributed by atoms with E-state index in [1.54, 1.807) is 0 Å². The molecule has 2 aromatic carbocycles. The Hall–Kier alpha value is -1.76. The Morgan fingerprint density at radius 2 is 1.50 bits per heavy atom. The van der Waals surface area contributed by atoms with Crippen LogP contribution in [-0.4, -0.2) is 0 Å². The SMILES string of the molecule is CCCCC(Oc1ccccc1)c1ccccc1. The number of para-hydroxylation sites is 1. The molecule has 0 aliphatic carbocycles. The lowest BCUT2D eigenvalue weighted by Gasteiger charge is -2.19. The molecule has 1 atom stereocenters. The second-order valence-corrected chi connectivity index (χ2v) is 4.47. The normalized spacial score (nSPS) is 12.1. The maximum Gasteiger partial charge on any atom is 0.124 e. The van der Waals surface area contributed by atoms with Crippen LogP contribution in [0.15, 0.2) is 60.7 Å². The lowest BCUT2D eigenvalue weighted by Crippen LogP contribution is -2.07. The summed E-state index contributed by atoms with van der Waals surface area (Å²) in [5.41, 5.74) is 1.26. The van der Waals surface area contributed by atoms with Gasteiger partial charge in [-0.15, -0.1) is 0 Å². The minimum atomic E-state index is 0.161. The van der Waals surface area contributed by atoms with Crippen LogP contribution in [0.25, 0.3) is 0 Å². The maximum absolute atomic E-state index is 6.10. The van der Waals surface area contributed by atoms with Crippen molar-refractivity contribution in [2.24, 2.45) is 0 Å². The first-order valence-corrected chi connectivity index (χ1v) is 6.67. The van der Waals surface area contributed by atoms with Gasteiger partial charge in [0.15, 0.2) is 0 Å². The highest BCUT2D eigenvalue weighted by molar-refractivity contribution is 5.24. The summed E-state index contributed by atoms with van der Waals surface area (Å²) in [7, 11) is 0. The van der Waals surface area contributed by atoms with Gasteiger partial charge >= 0.3 is 0 Å². The Kier molecular flexibility index (Phi) is 4.83. The molecule has 1 nitrogen and oxygen atoms in total. The molecule has 0 bridgehead atoms. The van der Waals surface area contributed by atoms with Crippen LogP contribution in [0.2, 0.25) is 0 Å². The van der Waals surface area contributed by atoms with Gasteiger partial charge in [-0.3, -0.25) is 0 Å².